The first-order valence-electron chi connectivity index (χ1n) is 2.45. The van der Waals surface area contributed by atoms with E-state index in [-0.39, 0.29) is 0 Å². The van der Waals surface area contributed by atoms with Gasteiger partial charge < -0.3 is 0 Å². The fraction of sp³-hybridized carbons (Fsp3) is 1.00. The van der Waals surface area contributed by atoms with E-state index in [9.17, 15) is 0 Å². The summed E-state index contributed by atoms with van der Waals surface area (Å²) < 4.78 is 0.364. The van der Waals surface area contributed by atoms with E-state index >= 15 is 0 Å². The maximum absolute atomic E-state index is 4.10. The van der Waals surface area contributed by atoms with Crippen molar-refractivity contribution in [3.8, 4) is 0 Å². The van der Waals surface area contributed by atoms with Crippen molar-refractivity contribution in [2.24, 2.45) is 0 Å². The summed E-state index contributed by atoms with van der Waals surface area (Å²) in [5, 5.41) is 0. The Kier molecular flexibility index (Phi) is 3.16. The first kappa shape index (κ1) is 7.70. The highest BCUT2D eigenvalue weighted by atomic mass is 33.1. The standard InChI is InChI=1S/C5H12S2/c1-4-5(2,3)7-6/h6H,4H2,1-3H3. The van der Waals surface area contributed by atoms with Gasteiger partial charge in [0.05, 0.1) is 0 Å². The van der Waals surface area contributed by atoms with Gasteiger partial charge in [0, 0.05) is 4.75 Å². The molecule has 0 heterocycles. The Bertz CT molecular complexity index is 44.0. The maximum Gasteiger partial charge on any atom is 0.0202 e. The molecule has 0 aliphatic rings. The van der Waals surface area contributed by atoms with E-state index in [1.807, 2.05) is 0 Å². The van der Waals surface area contributed by atoms with Crippen LogP contribution in [0.5, 0.6) is 0 Å². The average molecular weight is 136 g/mol. The molecule has 0 nitrogen and oxygen atoms in total. The molecule has 0 saturated carbocycles. The SMILES string of the molecule is CCC(C)(C)SS. The fourth-order valence-corrected chi connectivity index (χ4v) is 0.581. The topological polar surface area (TPSA) is 0 Å². The zero-order chi connectivity index (χ0) is 5.91. The Balaban J connectivity index is 3.36. The molecule has 0 saturated heterocycles. The van der Waals surface area contributed by atoms with Gasteiger partial charge in [-0.15, -0.1) is 11.7 Å². The van der Waals surface area contributed by atoms with Crippen molar-refractivity contribution < 1.29 is 0 Å². The quantitative estimate of drug-likeness (QED) is 0.450. The van der Waals surface area contributed by atoms with E-state index in [1.54, 1.807) is 10.8 Å². The van der Waals surface area contributed by atoms with Gasteiger partial charge >= 0.3 is 0 Å². The van der Waals surface area contributed by atoms with Crippen LogP contribution in [0, 0.1) is 0 Å². The largest absolute Gasteiger partial charge is 0.111 e. The minimum atomic E-state index is 0.364. The molecule has 0 fully saturated rings. The van der Waals surface area contributed by atoms with Crippen LogP contribution in [-0.2, 0) is 0 Å². The third-order valence-corrected chi connectivity index (χ3v) is 3.36. The third-order valence-electron chi connectivity index (χ3n) is 1.10. The van der Waals surface area contributed by atoms with Gasteiger partial charge in [0.2, 0.25) is 0 Å². The second kappa shape index (κ2) is 2.88. The number of thiol groups is 1. The Morgan fingerprint density at radius 3 is 2.00 bits per heavy atom. The van der Waals surface area contributed by atoms with Gasteiger partial charge in [-0.05, 0) is 20.3 Å². The molecule has 0 aliphatic heterocycles. The molecule has 0 spiro atoms. The van der Waals surface area contributed by atoms with Gasteiger partial charge in [-0.3, -0.25) is 0 Å². The first-order chi connectivity index (χ1) is 3.12. The zero-order valence-electron chi connectivity index (χ0n) is 5.06. The van der Waals surface area contributed by atoms with Gasteiger partial charge in [-0.1, -0.05) is 17.7 Å². The van der Waals surface area contributed by atoms with E-state index in [0.29, 0.717) is 4.75 Å². The van der Waals surface area contributed by atoms with Crippen molar-refractivity contribution >= 4 is 22.5 Å². The summed E-state index contributed by atoms with van der Waals surface area (Å²) in [4.78, 5) is 0. The zero-order valence-corrected chi connectivity index (χ0v) is 6.77. The molecule has 0 aliphatic carbocycles. The second-order valence-electron chi connectivity index (χ2n) is 2.20. The van der Waals surface area contributed by atoms with Crippen LogP contribution in [0.2, 0.25) is 0 Å². The lowest BCUT2D eigenvalue weighted by Crippen LogP contribution is -2.08. The van der Waals surface area contributed by atoms with Crippen LogP contribution in [0.4, 0.5) is 0 Å². The molecule has 0 amide bonds. The molecule has 0 N–H and O–H groups in total. The Morgan fingerprint density at radius 1 is 1.57 bits per heavy atom. The molecule has 0 atom stereocenters. The lowest BCUT2D eigenvalue weighted by atomic mass is 10.1. The molecule has 0 rings (SSSR count). The number of hydrogen-bond donors (Lipinski definition) is 1. The van der Waals surface area contributed by atoms with Crippen molar-refractivity contribution in [1.29, 1.82) is 0 Å². The first-order valence-corrected chi connectivity index (χ1v) is 4.32. The van der Waals surface area contributed by atoms with Crippen molar-refractivity contribution in [2.45, 2.75) is 31.9 Å². The fourth-order valence-electron chi connectivity index (χ4n) is 0.0645. The Labute approximate surface area is 54.9 Å². The van der Waals surface area contributed by atoms with Gasteiger partial charge in [-0.25, -0.2) is 0 Å². The lowest BCUT2D eigenvalue weighted by molar-refractivity contribution is 0.690. The number of hydrogen-bond acceptors (Lipinski definition) is 2. The van der Waals surface area contributed by atoms with Crippen LogP contribution in [0.15, 0.2) is 0 Å². The van der Waals surface area contributed by atoms with Gasteiger partial charge in [0.15, 0.2) is 0 Å². The van der Waals surface area contributed by atoms with Gasteiger partial charge in [0.25, 0.3) is 0 Å². The predicted molar refractivity (Wildman–Crippen MR) is 40.9 cm³/mol. The van der Waals surface area contributed by atoms with Crippen LogP contribution < -0.4 is 0 Å². The highest BCUT2D eigenvalue weighted by molar-refractivity contribution is 8.69. The third kappa shape index (κ3) is 3.30. The highest BCUT2D eigenvalue weighted by Crippen LogP contribution is 2.29. The summed E-state index contributed by atoms with van der Waals surface area (Å²) in [5.41, 5.74) is 0. The van der Waals surface area contributed by atoms with Gasteiger partial charge in [0.1, 0.15) is 0 Å². The minimum absolute atomic E-state index is 0.364. The molecular weight excluding hydrogens is 124 g/mol. The molecule has 7 heavy (non-hydrogen) atoms. The van der Waals surface area contributed by atoms with Crippen molar-refractivity contribution in [3.63, 3.8) is 0 Å². The highest BCUT2D eigenvalue weighted by Gasteiger charge is 2.11. The summed E-state index contributed by atoms with van der Waals surface area (Å²) in [7, 11) is 1.62. The smallest absolute Gasteiger partial charge is 0.0202 e. The average Bonchev–Trinajstić information content (AvgIpc) is 1.68. The van der Waals surface area contributed by atoms with Crippen LogP contribution in [0.25, 0.3) is 0 Å². The van der Waals surface area contributed by atoms with Crippen LogP contribution in [0.3, 0.4) is 0 Å². The predicted octanol–water partition coefficient (Wildman–Crippen LogP) is 2.75. The van der Waals surface area contributed by atoms with Crippen molar-refractivity contribution in [1.82, 2.24) is 0 Å². The molecular formula is C5H12S2. The summed E-state index contributed by atoms with van der Waals surface area (Å²) in [6, 6.07) is 0. The Morgan fingerprint density at radius 2 is 2.00 bits per heavy atom. The summed E-state index contributed by atoms with van der Waals surface area (Å²) >= 11 is 4.10. The van der Waals surface area contributed by atoms with Crippen LogP contribution in [0.1, 0.15) is 27.2 Å². The maximum atomic E-state index is 4.10. The molecule has 0 aromatic carbocycles. The van der Waals surface area contributed by atoms with E-state index in [1.165, 1.54) is 6.42 Å². The molecule has 44 valence electrons. The van der Waals surface area contributed by atoms with Crippen molar-refractivity contribution in [3.05, 3.63) is 0 Å². The normalized spacial score (nSPS) is 12.0. The number of rotatable bonds is 2. The van der Waals surface area contributed by atoms with Crippen molar-refractivity contribution in [2.75, 3.05) is 0 Å². The molecule has 0 aromatic heterocycles. The summed E-state index contributed by atoms with van der Waals surface area (Å²) in [6.45, 7) is 6.54. The monoisotopic (exact) mass is 136 g/mol. The van der Waals surface area contributed by atoms with Gasteiger partial charge in [-0.2, -0.15) is 0 Å². The van der Waals surface area contributed by atoms with E-state index < -0.39 is 0 Å². The minimum Gasteiger partial charge on any atom is -0.111 e. The summed E-state index contributed by atoms with van der Waals surface area (Å²) in [6.07, 6.45) is 1.18. The van der Waals surface area contributed by atoms with E-state index in [4.69, 9.17) is 0 Å². The molecule has 0 aromatic rings. The second-order valence-corrected chi connectivity index (χ2v) is 4.04. The van der Waals surface area contributed by atoms with Crippen LogP contribution >= 0.6 is 22.5 Å². The summed E-state index contributed by atoms with van der Waals surface area (Å²) in [5.74, 6) is 0. The van der Waals surface area contributed by atoms with E-state index in [0.717, 1.165) is 0 Å². The molecule has 0 bridgehead atoms. The molecule has 0 unspecified atom stereocenters. The van der Waals surface area contributed by atoms with E-state index in [2.05, 4.69) is 32.4 Å². The molecule has 2 heteroatoms. The molecule has 0 radical (unpaired) electrons. The lowest BCUT2D eigenvalue weighted by Gasteiger charge is -2.16. The van der Waals surface area contributed by atoms with Crippen LogP contribution in [-0.4, -0.2) is 4.75 Å². The Hall–Kier alpha value is 0.700.